The topological polar surface area (TPSA) is 25.8 Å². The maximum atomic E-state index is 4.99. The van der Waals surface area contributed by atoms with Crippen LogP contribution in [0.1, 0.15) is 50.2 Å². The third-order valence-electron chi connectivity index (χ3n) is 6.16. The Balaban J connectivity index is 1.43. The van der Waals surface area contributed by atoms with E-state index in [0.29, 0.717) is 0 Å². The number of aryl methyl sites for hydroxylation is 2. The summed E-state index contributed by atoms with van der Waals surface area (Å²) < 4.78 is 0. The van der Waals surface area contributed by atoms with E-state index in [-0.39, 0.29) is 10.8 Å². The summed E-state index contributed by atoms with van der Waals surface area (Å²) in [6.45, 7) is 13.6. The highest BCUT2D eigenvalue weighted by molar-refractivity contribution is 8.76. The van der Waals surface area contributed by atoms with E-state index in [1.165, 1.54) is 33.3 Å². The van der Waals surface area contributed by atoms with Gasteiger partial charge in [-0.3, -0.25) is 9.97 Å². The Labute approximate surface area is 200 Å². The summed E-state index contributed by atoms with van der Waals surface area (Å²) in [5, 5.41) is 2.49. The number of nitrogens with zero attached hydrogens (tertiary/aromatic N) is 2. The summed E-state index contributed by atoms with van der Waals surface area (Å²) in [6, 6.07) is 21.4. The fourth-order valence-electron chi connectivity index (χ4n) is 3.92. The molecule has 0 amide bonds. The van der Waals surface area contributed by atoms with E-state index in [9.17, 15) is 0 Å². The minimum atomic E-state index is 0.00832. The van der Waals surface area contributed by atoms with E-state index in [0.717, 1.165) is 22.5 Å². The first-order valence-corrected chi connectivity index (χ1v) is 13.6. The molecular formula is C28H32N2S2. The summed E-state index contributed by atoms with van der Waals surface area (Å²) >= 11 is 0. The van der Waals surface area contributed by atoms with E-state index < -0.39 is 0 Å². The van der Waals surface area contributed by atoms with Crippen LogP contribution >= 0.6 is 21.6 Å². The first-order chi connectivity index (χ1) is 15.2. The molecule has 0 N–H and O–H groups in total. The SMILES string of the molecule is Cc1cc(C(C)(C)CSSCC(C)(C)c2cc(C)c3ccccc3n2)nc2ccccc12. The van der Waals surface area contributed by atoms with Crippen molar-refractivity contribution in [3.05, 3.63) is 83.2 Å². The molecule has 2 nitrogen and oxygen atoms in total. The minimum absolute atomic E-state index is 0.00832. The summed E-state index contributed by atoms with van der Waals surface area (Å²) in [5.41, 5.74) is 7.15. The Bertz CT molecular complexity index is 1160. The molecule has 2 aromatic heterocycles. The highest BCUT2D eigenvalue weighted by Gasteiger charge is 2.26. The lowest BCUT2D eigenvalue weighted by Crippen LogP contribution is -2.24. The van der Waals surface area contributed by atoms with E-state index in [2.05, 4.69) is 102 Å². The van der Waals surface area contributed by atoms with Crippen LogP contribution in [0.2, 0.25) is 0 Å². The molecule has 0 aliphatic carbocycles. The van der Waals surface area contributed by atoms with Crippen molar-refractivity contribution in [3.8, 4) is 0 Å². The maximum absolute atomic E-state index is 4.99. The predicted molar refractivity (Wildman–Crippen MR) is 144 cm³/mol. The molecule has 4 rings (SSSR count). The van der Waals surface area contributed by atoms with Crippen molar-refractivity contribution in [2.75, 3.05) is 11.5 Å². The number of fused-ring (bicyclic) bond motifs is 2. The quantitative estimate of drug-likeness (QED) is 0.206. The molecule has 166 valence electrons. The maximum Gasteiger partial charge on any atom is 0.0708 e. The number of rotatable bonds is 7. The average molecular weight is 461 g/mol. The Morgan fingerprint density at radius 2 is 1.00 bits per heavy atom. The number of para-hydroxylation sites is 2. The zero-order valence-corrected chi connectivity index (χ0v) is 21.5. The van der Waals surface area contributed by atoms with Gasteiger partial charge in [-0.25, -0.2) is 0 Å². The number of benzene rings is 2. The fourth-order valence-corrected chi connectivity index (χ4v) is 7.24. The van der Waals surface area contributed by atoms with Gasteiger partial charge in [0, 0.05) is 44.5 Å². The zero-order chi connectivity index (χ0) is 22.9. The fraction of sp³-hybridized carbons (Fsp3) is 0.357. The number of hydrogen-bond acceptors (Lipinski definition) is 4. The van der Waals surface area contributed by atoms with Crippen LogP contribution in [0.15, 0.2) is 60.7 Å². The molecule has 2 heterocycles. The van der Waals surface area contributed by atoms with Crippen molar-refractivity contribution >= 4 is 43.4 Å². The van der Waals surface area contributed by atoms with Crippen LogP contribution < -0.4 is 0 Å². The van der Waals surface area contributed by atoms with Crippen LogP contribution in [0.3, 0.4) is 0 Å². The number of aromatic nitrogens is 2. The lowest BCUT2D eigenvalue weighted by Gasteiger charge is -2.27. The van der Waals surface area contributed by atoms with Crippen LogP contribution in [-0.4, -0.2) is 21.5 Å². The molecule has 32 heavy (non-hydrogen) atoms. The minimum Gasteiger partial charge on any atom is -0.252 e. The molecule has 0 unspecified atom stereocenters. The Morgan fingerprint density at radius 1 is 0.625 bits per heavy atom. The van der Waals surface area contributed by atoms with Gasteiger partial charge in [0.1, 0.15) is 0 Å². The molecule has 4 aromatic rings. The Kier molecular flexibility index (Phi) is 6.56. The van der Waals surface area contributed by atoms with E-state index in [1.807, 2.05) is 21.6 Å². The lowest BCUT2D eigenvalue weighted by molar-refractivity contribution is 0.581. The highest BCUT2D eigenvalue weighted by Crippen LogP contribution is 2.38. The van der Waals surface area contributed by atoms with Crippen LogP contribution in [0.5, 0.6) is 0 Å². The molecule has 0 saturated heterocycles. The van der Waals surface area contributed by atoms with Gasteiger partial charge in [-0.1, -0.05) is 85.7 Å². The van der Waals surface area contributed by atoms with Gasteiger partial charge in [0.25, 0.3) is 0 Å². The normalized spacial score (nSPS) is 12.6. The molecule has 0 spiro atoms. The van der Waals surface area contributed by atoms with Gasteiger partial charge in [-0.05, 0) is 49.2 Å². The summed E-state index contributed by atoms with van der Waals surface area (Å²) in [6.07, 6.45) is 0. The van der Waals surface area contributed by atoms with Gasteiger partial charge in [0.15, 0.2) is 0 Å². The van der Waals surface area contributed by atoms with Crippen molar-refractivity contribution in [1.82, 2.24) is 9.97 Å². The van der Waals surface area contributed by atoms with Gasteiger partial charge < -0.3 is 0 Å². The van der Waals surface area contributed by atoms with Gasteiger partial charge >= 0.3 is 0 Å². The van der Waals surface area contributed by atoms with Crippen molar-refractivity contribution in [2.45, 2.75) is 52.4 Å². The standard InChI is InChI=1S/C28H32N2S2/c1-19-15-25(29-23-13-9-7-11-21(19)23)27(3,4)17-31-32-18-28(5,6)26-16-20(2)22-12-8-10-14-24(22)30-26/h7-16H,17-18H2,1-6H3. The Morgan fingerprint density at radius 3 is 1.41 bits per heavy atom. The van der Waals surface area contributed by atoms with E-state index in [1.54, 1.807) is 0 Å². The van der Waals surface area contributed by atoms with Crippen LogP contribution in [-0.2, 0) is 10.8 Å². The molecule has 4 heteroatoms. The van der Waals surface area contributed by atoms with Crippen molar-refractivity contribution in [2.24, 2.45) is 0 Å². The molecule has 0 fully saturated rings. The second-order valence-electron chi connectivity index (χ2n) is 9.98. The molecule has 2 aromatic carbocycles. The van der Waals surface area contributed by atoms with Crippen LogP contribution in [0, 0.1) is 13.8 Å². The van der Waals surface area contributed by atoms with Crippen molar-refractivity contribution in [3.63, 3.8) is 0 Å². The summed E-state index contributed by atoms with van der Waals surface area (Å²) in [7, 11) is 3.89. The van der Waals surface area contributed by atoms with Gasteiger partial charge in [0.2, 0.25) is 0 Å². The molecule has 0 atom stereocenters. The Hall–Kier alpha value is -2.04. The zero-order valence-electron chi connectivity index (χ0n) is 19.9. The third kappa shape index (κ3) is 4.82. The van der Waals surface area contributed by atoms with Crippen molar-refractivity contribution < 1.29 is 0 Å². The number of pyridine rings is 2. The smallest absolute Gasteiger partial charge is 0.0708 e. The second kappa shape index (κ2) is 9.07. The van der Waals surface area contributed by atoms with Crippen LogP contribution in [0.25, 0.3) is 21.8 Å². The molecule has 0 aliphatic heterocycles. The average Bonchev–Trinajstić information content (AvgIpc) is 2.77. The first kappa shape index (κ1) is 23.1. The molecule has 0 bridgehead atoms. The summed E-state index contributed by atoms with van der Waals surface area (Å²) in [5.74, 6) is 2.03. The second-order valence-corrected chi connectivity index (χ2v) is 12.4. The molecule has 0 aliphatic rings. The van der Waals surface area contributed by atoms with Gasteiger partial charge in [-0.2, -0.15) is 0 Å². The number of hydrogen-bond donors (Lipinski definition) is 0. The predicted octanol–water partition coefficient (Wildman–Crippen LogP) is 8.04. The molecule has 0 radical (unpaired) electrons. The van der Waals surface area contributed by atoms with Gasteiger partial charge in [0.05, 0.1) is 11.0 Å². The van der Waals surface area contributed by atoms with Crippen LogP contribution in [0.4, 0.5) is 0 Å². The van der Waals surface area contributed by atoms with E-state index >= 15 is 0 Å². The largest absolute Gasteiger partial charge is 0.252 e. The summed E-state index contributed by atoms with van der Waals surface area (Å²) in [4.78, 5) is 9.98. The van der Waals surface area contributed by atoms with Crippen molar-refractivity contribution in [1.29, 1.82) is 0 Å². The third-order valence-corrected chi connectivity index (χ3v) is 9.21. The monoisotopic (exact) mass is 460 g/mol. The molecular weight excluding hydrogens is 428 g/mol. The van der Waals surface area contributed by atoms with Gasteiger partial charge in [-0.15, -0.1) is 0 Å². The molecule has 0 saturated carbocycles. The first-order valence-electron chi connectivity index (χ1n) is 11.2. The lowest BCUT2D eigenvalue weighted by atomic mass is 9.89. The highest BCUT2D eigenvalue weighted by atomic mass is 33.1. The van der Waals surface area contributed by atoms with E-state index in [4.69, 9.17) is 9.97 Å².